The zero-order valence-corrected chi connectivity index (χ0v) is 5.59. The van der Waals surface area contributed by atoms with Crippen LogP contribution in [-0.2, 0) is 13.0 Å². The maximum absolute atomic E-state index is 4.21. The zero-order chi connectivity index (χ0) is 6.27. The van der Waals surface area contributed by atoms with Gasteiger partial charge in [0.15, 0.2) is 0 Å². The molecule has 0 N–H and O–H groups in total. The first-order valence-corrected chi connectivity index (χ1v) is 3.39. The van der Waals surface area contributed by atoms with Crippen LogP contribution in [0.25, 0.3) is 0 Å². The van der Waals surface area contributed by atoms with Crippen molar-refractivity contribution in [2.75, 3.05) is 0 Å². The molecule has 0 aliphatic carbocycles. The highest BCUT2D eigenvalue weighted by Crippen LogP contribution is 2.08. The second-order valence-corrected chi connectivity index (χ2v) is 2.60. The molecule has 0 fully saturated rings. The molecule has 0 aromatic carbocycles. The van der Waals surface area contributed by atoms with Gasteiger partial charge in [0.1, 0.15) is 7.85 Å². The predicted molar refractivity (Wildman–Crippen MR) is 38.7 cm³/mol. The van der Waals surface area contributed by atoms with Crippen molar-refractivity contribution in [3.63, 3.8) is 0 Å². The normalized spacial score (nSPS) is 16.0. The van der Waals surface area contributed by atoms with Crippen LogP contribution in [-0.4, -0.2) is 17.6 Å². The fraction of sp³-hybridized carbons (Fsp3) is 0.500. The van der Waals surface area contributed by atoms with E-state index in [1.54, 1.807) is 0 Å². The second kappa shape index (κ2) is 1.63. The molecule has 0 atom stereocenters. The molecule has 1 aliphatic rings. The fourth-order valence-electron chi connectivity index (χ4n) is 1.42. The van der Waals surface area contributed by atoms with Gasteiger partial charge in [0.05, 0.1) is 0 Å². The van der Waals surface area contributed by atoms with Crippen molar-refractivity contribution in [3.05, 3.63) is 11.9 Å². The molecule has 0 saturated heterocycles. The molecule has 46 valence electrons. The molecule has 3 heteroatoms. The van der Waals surface area contributed by atoms with Crippen LogP contribution in [0.3, 0.4) is 0 Å². The Bertz CT molecular complexity index is 229. The van der Waals surface area contributed by atoms with Crippen LogP contribution >= 0.6 is 0 Å². The Kier molecular flexibility index (Phi) is 0.919. The molecule has 2 rings (SSSR count). The lowest BCUT2D eigenvalue weighted by Crippen LogP contribution is -2.05. The van der Waals surface area contributed by atoms with Gasteiger partial charge in [-0.2, -0.15) is 5.10 Å². The van der Waals surface area contributed by atoms with E-state index >= 15 is 0 Å². The van der Waals surface area contributed by atoms with Crippen LogP contribution < -0.4 is 5.46 Å². The highest BCUT2D eigenvalue weighted by Gasteiger charge is 2.11. The van der Waals surface area contributed by atoms with E-state index in [1.165, 1.54) is 24.0 Å². The topological polar surface area (TPSA) is 17.8 Å². The number of rotatable bonds is 0. The van der Waals surface area contributed by atoms with Gasteiger partial charge < -0.3 is 0 Å². The number of hydrogen-bond acceptors (Lipinski definition) is 1. The van der Waals surface area contributed by atoms with Gasteiger partial charge in [0.25, 0.3) is 0 Å². The van der Waals surface area contributed by atoms with Gasteiger partial charge in [-0.1, -0.05) is 0 Å². The summed E-state index contributed by atoms with van der Waals surface area (Å²) >= 11 is 0. The predicted octanol–water partition coefficient (Wildman–Crippen LogP) is -0.912. The Balaban J connectivity index is 2.56. The minimum atomic E-state index is 1.13. The van der Waals surface area contributed by atoms with Crippen LogP contribution in [0.5, 0.6) is 0 Å². The molecule has 0 spiro atoms. The summed E-state index contributed by atoms with van der Waals surface area (Å²) < 4.78 is 2.11. The largest absolute Gasteiger partial charge is 0.270 e. The quantitative estimate of drug-likeness (QED) is 0.405. The van der Waals surface area contributed by atoms with Crippen LogP contribution in [0.2, 0.25) is 0 Å². The third-order valence-electron chi connectivity index (χ3n) is 1.94. The summed E-state index contributed by atoms with van der Waals surface area (Å²) in [4.78, 5) is 0. The summed E-state index contributed by atoms with van der Waals surface area (Å²) in [5.74, 6) is 0. The van der Waals surface area contributed by atoms with Gasteiger partial charge >= 0.3 is 0 Å². The van der Waals surface area contributed by atoms with Crippen LogP contribution in [0.15, 0.2) is 6.20 Å². The summed E-state index contributed by atoms with van der Waals surface area (Å²) in [6.45, 7) is 1.13. The Morgan fingerprint density at radius 3 is 3.33 bits per heavy atom. The van der Waals surface area contributed by atoms with Crippen molar-refractivity contribution in [2.45, 2.75) is 19.4 Å². The van der Waals surface area contributed by atoms with Gasteiger partial charge in [-0.3, -0.25) is 4.68 Å². The Morgan fingerprint density at radius 1 is 1.67 bits per heavy atom. The van der Waals surface area contributed by atoms with E-state index < -0.39 is 0 Å². The molecule has 1 aromatic heterocycles. The fourth-order valence-corrected chi connectivity index (χ4v) is 1.42. The number of aryl methyl sites for hydroxylation is 1. The molecule has 2 heterocycles. The average Bonchev–Trinajstić information content (AvgIpc) is 2.35. The monoisotopic (exact) mass is 120 g/mol. The lowest BCUT2D eigenvalue weighted by Gasteiger charge is -1.90. The van der Waals surface area contributed by atoms with Crippen LogP contribution in [0.4, 0.5) is 0 Å². The maximum atomic E-state index is 4.21. The van der Waals surface area contributed by atoms with Crippen LogP contribution in [0, 0.1) is 0 Å². The van der Waals surface area contributed by atoms with Crippen molar-refractivity contribution in [3.8, 4) is 0 Å². The van der Waals surface area contributed by atoms with E-state index in [4.69, 9.17) is 0 Å². The van der Waals surface area contributed by atoms with E-state index in [-0.39, 0.29) is 0 Å². The third-order valence-corrected chi connectivity index (χ3v) is 1.94. The molecule has 1 aliphatic heterocycles. The molecule has 2 nitrogen and oxygen atoms in total. The van der Waals surface area contributed by atoms with Crippen molar-refractivity contribution < 1.29 is 0 Å². The molecule has 0 saturated carbocycles. The third kappa shape index (κ3) is 0.606. The smallest absolute Gasteiger partial charge is 0.143 e. The van der Waals surface area contributed by atoms with E-state index in [9.17, 15) is 0 Å². The van der Waals surface area contributed by atoms with Gasteiger partial charge in [0, 0.05) is 18.4 Å². The Hall–Kier alpha value is -0.725. The van der Waals surface area contributed by atoms with Gasteiger partial charge in [-0.15, -0.1) is 0 Å². The number of aromatic nitrogens is 2. The van der Waals surface area contributed by atoms with Gasteiger partial charge in [0.2, 0.25) is 0 Å². The summed E-state index contributed by atoms with van der Waals surface area (Å²) in [5, 5.41) is 4.21. The lowest BCUT2D eigenvalue weighted by atomic mass is 9.96. The van der Waals surface area contributed by atoms with Crippen molar-refractivity contribution in [2.24, 2.45) is 0 Å². The summed E-state index contributed by atoms with van der Waals surface area (Å²) in [6, 6.07) is 0. The minimum absolute atomic E-state index is 1.13. The highest BCUT2D eigenvalue weighted by atomic mass is 15.3. The first kappa shape index (κ1) is 5.09. The van der Waals surface area contributed by atoms with E-state index in [0.717, 1.165) is 6.54 Å². The number of fused-ring (bicyclic) bond motifs is 1. The first-order chi connectivity index (χ1) is 4.38. The van der Waals surface area contributed by atoms with E-state index in [2.05, 4.69) is 17.6 Å². The molecule has 9 heavy (non-hydrogen) atoms. The highest BCUT2D eigenvalue weighted by molar-refractivity contribution is 6.33. The number of nitrogens with zero attached hydrogens (tertiary/aromatic N) is 2. The summed E-state index contributed by atoms with van der Waals surface area (Å²) in [5.41, 5.74) is 2.79. The molecule has 0 unspecified atom stereocenters. The van der Waals surface area contributed by atoms with Gasteiger partial charge in [-0.25, -0.2) is 0 Å². The van der Waals surface area contributed by atoms with Gasteiger partial charge in [-0.05, 0) is 18.3 Å². The summed E-state index contributed by atoms with van der Waals surface area (Å²) in [7, 11) is 2.13. The van der Waals surface area contributed by atoms with Crippen molar-refractivity contribution in [1.82, 2.24) is 9.78 Å². The molecule has 0 radical (unpaired) electrons. The van der Waals surface area contributed by atoms with E-state index in [1.807, 2.05) is 6.20 Å². The summed E-state index contributed by atoms with van der Waals surface area (Å²) in [6.07, 6.45) is 4.46. The molecule has 1 aromatic rings. The SMILES string of the molecule is Bc1cnn2c1CCC2. The molecule has 0 bridgehead atoms. The molecular formula is C6H9BN2. The van der Waals surface area contributed by atoms with Crippen molar-refractivity contribution in [1.29, 1.82) is 0 Å². The number of hydrogen-bond donors (Lipinski definition) is 0. The van der Waals surface area contributed by atoms with Crippen LogP contribution in [0.1, 0.15) is 12.1 Å². The van der Waals surface area contributed by atoms with E-state index in [0.29, 0.717) is 0 Å². The first-order valence-electron chi connectivity index (χ1n) is 3.39. The molecule has 0 amide bonds. The average molecular weight is 120 g/mol. The Morgan fingerprint density at radius 2 is 2.56 bits per heavy atom. The second-order valence-electron chi connectivity index (χ2n) is 2.60. The Labute approximate surface area is 55.3 Å². The van der Waals surface area contributed by atoms with Crippen molar-refractivity contribution >= 4 is 13.3 Å². The maximum Gasteiger partial charge on any atom is 0.143 e. The lowest BCUT2D eigenvalue weighted by molar-refractivity contribution is 0.656. The minimum Gasteiger partial charge on any atom is -0.270 e. The standard InChI is InChI=1S/C6H9BN2/c7-5-4-8-9-3-1-2-6(5)9/h4H,1-3,7H2. The molecular weight excluding hydrogens is 111 g/mol. The zero-order valence-electron chi connectivity index (χ0n) is 5.59.